The first-order valence-corrected chi connectivity index (χ1v) is 5.32. The van der Waals surface area contributed by atoms with E-state index in [1.807, 2.05) is 6.07 Å². The third-order valence-electron chi connectivity index (χ3n) is 2.42. The summed E-state index contributed by atoms with van der Waals surface area (Å²) < 4.78 is 18.9. The van der Waals surface area contributed by atoms with Crippen molar-refractivity contribution >= 4 is 5.97 Å². The molecule has 0 heterocycles. The highest BCUT2D eigenvalue weighted by atomic mass is 19.1. The monoisotopic (exact) mass is 257 g/mol. The van der Waals surface area contributed by atoms with Crippen LogP contribution in [0.2, 0.25) is 0 Å². The molecule has 2 rings (SSSR count). The number of nitrogens with zero attached hydrogens (tertiary/aromatic N) is 1. The number of halogens is 1. The molecular weight excluding hydrogens is 249 g/mol. The number of rotatable bonds is 3. The Bertz CT molecular complexity index is 677. The van der Waals surface area contributed by atoms with Gasteiger partial charge in [0, 0.05) is 0 Å². The third kappa shape index (κ3) is 2.53. The average Bonchev–Trinajstić information content (AvgIpc) is 2.41. The van der Waals surface area contributed by atoms with E-state index < -0.39 is 17.5 Å². The van der Waals surface area contributed by atoms with E-state index >= 15 is 0 Å². The summed E-state index contributed by atoms with van der Waals surface area (Å²) in [5.41, 5.74) is -0.102. The minimum atomic E-state index is -1.30. The van der Waals surface area contributed by atoms with E-state index in [0.29, 0.717) is 0 Å². The van der Waals surface area contributed by atoms with Crippen molar-refractivity contribution in [3.63, 3.8) is 0 Å². The zero-order valence-electron chi connectivity index (χ0n) is 9.63. The molecule has 0 fully saturated rings. The fourth-order valence-electron chi connectivity index (χ4n) is 1.54. The quantitative estimate of drug-likeness (QED) is 0.916. The van der Waals surface area contributed by atoms with E-state index in [2.05, 4.69) is 0 Å². The van der Waals surface area contributed by atoms with Crippen LogP contribution in [0.4, 0.5) is 4.39 Å². The normalized spacial score (nSPS) is 9.68. The van der Waals surface area contributed by atoms with Gasteiger partial charge in [-0.05, 0) is 24.3 Å². The van der Waals surface area contributed by atoms with Gasteiger partial charge in [-0.1, -0.05) is 18.2 Å². The zero-order chi connectivity index (χ0) is 13.8. The van der Waals surface area contributed by atoms with Crippen molar-refractivity contribution in [2.75, 3.05) is 0 Å². The van der Waals surface area contributed by atoms with Crippen LogP contribution in [-0.2, 0) is 0 Å². The molecule has 5 heteroatoms. The number of carbonyl (C=O) groups is 1. The molecule has 0 aliphatic heterocycles. The molecule has 0 saturated carbocycles. The molecule has 0 aliphatic carbocycles. The van der Waals surface area contributed by atoms with Gasteiger partial charge in [0.25, 0.3) is 0 Å². The molecule has 0 aromatic heterocycles. The van der Waals surface area contributed by atoms with E-state index in [9.17, 15) is 9.18 Å². The predicted octanol–water partition coefficient (Wildman–Crippen LogP) is 3.19. The fourth-order valence-corrected chi connectivity index (χ4v) is 1.54. The van der Waals surface area contributed by atoms with Crippen molar-refractivity contribution in [3.8, 4) is 17.6 Å². The van der Waals surface area contributed by atoms with Crippen molar-refractivity contribution in [2.24, 2.45) is 0 Å². The maximum absolute atomic E-state index is 13.7. The summed E-state index contributed by atoms with van der Waals surface area (Å²) in [5.74, 6) is -2.40. The van der Waals surface area contributed by atoms with Crippen LogP contribution in [0.3, 0.4) is 0 Å². The highest BCUT2D eigenvalue weighted by Crippen LogP contribution is 2.30. The molecule has 19 heavy (non-hydrogen) atoms. The molecule has 0 unspecified atom stereocenters. The van der Waals surface area contributed by atoms with Gasteiger partial charge in [-0.2, -0.15) is 5.26 Å². The van der Waals surface area contributed by atoms with Crippen LogP contribution in [0.1, 0.15) is 15.9 Å². The summed E-state index contributed by atoms with van der Waals surface area (Å²) in [6, 6.07) is 11.7. The number of hydrogen-bond acceptors (Lipinski definition) is 3. The molecule has 0 aliphatic rings. The first-order chi connectivity index (χ1) is 9.13. The van der Waals surface area contributed by atoms with Gasteiger partial charge in [-0.3, -0.25) is 0 Å². The van der Waals surface area contributed by atoms with Crippen LogP contribution in [0.25, 0.3) is 0 Å². The topological polar surface area (TPSA) is 70.3 Å². The third-order valence-corrected chi connectivity index (χ3v) is 2.42. The lowest BCUT2D eigenvalue weighted by atomic mass is 10.2. The number of hydrogen-bond donors (Lipinski definition) is 1. The summed E-state index contributed by atoms with van der Waals surface area (Å²) in [4.78, 5) is 11.0. The predicted molar refractivity (Wildman–Crippen MR) is 64.6 cm³/mol. The molecule has 0 amide bonds. The Labute approximate surface area is 108 Å². The van der Waals surface area contributed by atoms with Gasteiger partial charge in [0.1, 0.15) is 17.4 Å². The summed E-state index contributed by atoms with van der Waals surface area (Å²) in [5, 5.41) is 17.9. The lowest BCUT2D eigenvalue weighted by Crippen LogP contribution is -2.02. The van der Waals surface area contributed by atoms with Gasteiger partial charge in [-0.25, -0.2) is 9.18 Å². The Morgan fingerprint density at radius 3 is 2.63 bits per heavy atom. The maximum atomic E-state index is 13.7. The van der Waals surface area contributed by atoms with Gasteiger partial charge in [0.2, 0.25) is 0 Å². The largest absolute Gasteiger partial charge is 0.478 e. The number of ether oxygens (including phenoxy) is 1. The van der Waals surface area contributed by atoms with Crippen molar-refractivity contribution < 1.29 is 19.0 Å². The van der Waals surface area contributed by atoms with Crippen LogP contribution < -0.4 is 4.74 Å². The molecule has 0 spiro atoms. The number of aromatic carboxylic acids is 1. The standard InChI is InChI=1S/C14H8FNO3/c15-11-6-3-5-10(14(17)18)13(11)19-12-7-2-1-4-9(12)8-16/h1-7H,(H,17,18). The van der Waals surface area contributed by atoms with Crippen LogP contribution >= 0.6 is 0 Å². The van der Waals surface area contributed by atoms with Gasteiger partial charge >= 0.3 is 5.97 Å². The summed E-state index contributed by atoms with van der Waals surface area (Å²) in [6.07, 6.45) is 0. The summed E-state index contributed by atoms with van der Waals surface area (Å²) >= 11 is 0. The van der Waals surface area contributed by atoms with Crippen LogP contribution in [0.5, 0.6) is 11.5 Å². The second kappa shape index (κ2) is 5.19. The number of carboxylic acids is 1. The molecule has 0 saturated heterocycles. The minimum absolute atomic E-state index is 0.109. The lowest BCUT2D eigenvalue weighted by Gasteiger charge is -2.10. The highest BCUT2D eigenvalue weighted by Gasteiger charge is 2.17. The van der Waals surface area contributed by atoms with Crippen molar-refractivity contribution in [1.29, 1.82) is 5.26 Å². The van der Waals surface area contributed by atoms with Gasteiger partial charge in [-0.15, -0.1) is 0 Å². The number of carboxylic acid groups (broad SMARTS) is 1. The number of benzene rings is 2. The maximum Gasteiger partial charge on any atom is 0.339 e. The molecule has 0 radical (unpaired) electrons. The van der Waals surface area contributed by atoms with Crippen molar-refractivity contribution in [3.05, 3.63) is 59.4 Å². The minimum Gasteiger partial charge on any atom is -0.478 e. The van der Waals surface area contributed by atoms with Gasteiger partial charge in [0.05, 0.1) is 5.56 Å². The van der Waals surface area contributed by atoms with E-state index in [0.717, 1.165) is 6.07 Å². The number of para-hydroxylation sites is 2. The highest BCUT2D eigenvalue weighted by molar-refractivity contribution is 5.91. The zero-order valence-corrected chi connectivity index (χ0v) is 9.63. The summed E-state index contributed by atoms with van der Waals surface area (Å²) in [6.45, 7) is 0. The Kier molecular flexibility index (Phi) is 3.44. The van der Waals surface area contributed by atoms with Crippen LogP contribution in [0.15, 0.2) is 42.5 Å². The molecule has 0 atom stereocenters. The summed E-state index contributed by atoms with van der Waals surface area (Å²) in [7, 11) is 0. The van der Waals surface area contributed by atoms with Gasteiger partial charge < -0.3 is 9.84 Å². The Hall–Kier alpha value is -2.87. The second-order valence-electron chi connectivity index (χ2n) is 3.63. The van der Waals surface area contributed by atoms with Gasteiger partial charge in [0.15, 0.2) is 11.6 Å². The Morgan fingerprint density at radius 2 is 1.95 bits per heavy atom. The average molecular weight is 257 g/mol. The first kappa shape index (κ1) is 12.6. The smallest absolute Gasteiger partial charge is 0.339 e. The van der Waals surface area contributed by atoms with E-state index in [1.165, 1.54) is 24.3 Å². The SMILES string of the molecule is N#Cc1ccccc1Oc1c(F)cccc1C(=O)O. The second-order valence-corrected chi connectivity index (χ2v) is 3.63. The Morgan fingerprint density at radius 1 is 1.21 bits per heavy atom. The molecule has 94 valence electrons. The van der Waals surface area contributed by atoms with Crippen LogP contribution in [-0.4, -0.2) is 11.1 Å². The molecule has 4 nitrogen and oxygen atoms in total. The molecule has 2 aromatic carbocycles. The fraction of sp³-hybridized carbons (Fsp3) is 0. The first-order valence-electron chi connectivity index (χ1n) is 5.32. The lowest BCUT2D eigenvalue weighted by molar-refractivity contribution is 0.0693. The molecule has 1 N–H and O–H groups in total. The van der Waals surface area contributed by atoms with Crippen LogP contribution in [0, 0.1) is 17.1 Å². The molecule has 0 bridgehead atoms. The molecular formula is C14H8FNO3. The van der Waals surface area contributed by atoms with Crippen molar-refractivity contribution in [1.82, 2.24) is 0 Å². The number of nitriles is 1. The van der Waals surface area contributed by atoms with E-state index in [4.69, 9.17) is 15.1 Å². The Balaban J connectivity index is 2.50. The van der Waals surface area contributed by atoms with Crippen molar-refractivity contribution in [2.45, 2.75) is 0 Å². The van der Waals surface area contributed by atoms with E-state index in [1.54, 1.807) is 12.1 Å². The molecule has 2 aromatic rings. The van der Waals surface area contributed by atoms with E-state index in [-0.39, 0.29) is 16.9 Å².